The average molecular weight is 1980 g/mol. The normalized spacial score (nSPS) is 11.4. The molecule has 0 unspecified atom stereocenters. The molecule has 0 amide bonds. The molecule has 1 heterocycles. The Morgan fingerprint density at radius 3 is 1.00 bits per heavy atom. The van der Waals surface area contributed by atoms with Crippen LogP contribution in [0.15, 0.2) is 168 Å². The standard InChI is InChI=1S/C14H20ClN.C12H17ClO2.C12H15NO.C11H15Cl.C10H12BrCl.C10H12Cl2.2C10H12ClF.C10H13Cl.9CH4/c1-14(2,3)12-7-6-11(10-13(12)15)16-8-4-5-9-16;1-12(2,3)8-6-10(14-4)11(15-5)7-9(8)13;1-12(2,3)10-7-6-9(13-4)8-11(10)14-5;1-8-6-5-7-9(12)10(8)11(2,3)4;1-10(2,3)8-5-4-7(11)6-9(8)12;1-10(2,3)9-7(11)5-4-6-8(9)12;1-10(2,3)8-5-4-7(12)6-9(8)11;1-10(2,3)7-5-4-6-8(12)9(7)11;1-10(2,3)8-6-4-5-7-9(8)11;;;;;;;;;/h6-7,10H,4-5,8-9H2,1-3H3;6-7H,1-5H3;6-8H,1-3,5H3;5-7H,1-4H3;4*4-6H,1-3H3;4-7H,1-3H3;9*1H4. The van der Waals surface area contributed by atoms with Gasteiger partial charge in [0.05, 0.1) is 32.9 Å². The van der Waals surface area contributed by atoms with Crippen LogP contribution in [0.1, 0.15) is 322 Å². The van der Waals surface area contributed by atoms with Crippen molar-refractivity contribution >= 4 is 132 Å². The van der Waals surface area contributed by atoms with Gasteiger partial charge in [0.1, 0.15) is 17.4 Å². The van der Waals surface area contributed by atoms with E-state index >= 15 is 0 Å². The Labute approximate surface area is 818 Å². The fraction of sp³-hybridized carbons (Fsp3) is 0.491. The van der Waals surface area contributed by atoms with Crippen molar-refractivity contribution in [2.75, 3.05) is 39.3 Å². The molecule has 1 saturated heterocycles. The van der Waals surface area contributed by atoms with E-state index in [9.17, 15) is 8.78 Å². The van der Waals surface area contributed by atoms with E-state index in [0.29, 0.717) is 27.2 Å². The van der Waals surface area contributed by atoms with Gasteiger partial charge in [-0.25, -0.2) is 13.6 Å². The number of ether oxygens (including phenoxy) is 3. The van der Waals surface area contributed by atoms with Crippen LogP contribution in [0.2, 0.25) is 45.2 Å². The zero-order valence-corrected chi connectivity index (χ0v) is 83.0. The molecule has 125 heavy (non-hydrogen) atoms. The number of hydrogen-bond donors (Lipinski definition) is 0. The van der Waals surface area contributed by atoms with Crippen LogP contribution in [0, 0.1) is 25.1 Å². The molecule has 0 aromatic heterocycles. The number of aryl methyl sites for hydroxylation is 1. The molecule has 0 bridgehead atoms. The third-order valence-electron chi connectivity index (χ3n) is 18.2. The minimum Gasteiger partial charge on any atom is -0.498 e. The lowest BCUT2D eigenvalue weighted by atomic mass is 9.84. The van der Waals surface area contributed by atoms with Crippen LogP contribution >= 0.6 is 120 Å². The van der Waals surface area contributed by atoms with E-state index in [1.165, 1.54) is 77.6 Å². The smallest absolute Gasteiger partial charge is 0.190 e. The van der Waals surface area contributed by atoms with Crippen LogP contribution in [-0.2, 0) is 48.7 Å². The lowest BCUT2D eigenvalue weighted by molar-refractivity contribution is 0.353. The lowest BCUT2D eigenvalue weighted by Gasteiger charge is -2.23. The second-order valence-corrected chi connectivity index (χ2v) is 42.2. The molecular weight excluding hydrogens is 1810 g/mol. The maximum atomic E-state index is 13.0. The van der Waals surface area contributed by atoms with Crippen LogP contribution in [0.5, 0.6) is 17.2 Å². The van der Waals surface area contributed by atoms with E-state index in [4.69, 9.17) is 125 Å². The first kappa shape index (κ1) is 135. The average Bonchev–Trinajstić information content (AvgIpc) is 1.74. The summed E-state index contributed by atoms with van der Waals surface area (Å²) in [7, 11) is 4.86. The first-order valence-corrected chi connectivity index (χ1v) is 43.0. The number of nitrogens with zero attached hydrogens (tertiary/aromatic N) is 2. The number of hydrogen-bond acceptors (Lipinski definition) is 4. The van der Waals surface area contributed by atoms with Gasteiger partial charge in [-0.1, -0.05) is 453 Å². The summed E-state index contributed by atoms with van der Waals surface area (Å²) in [5.74, 6) is 1.55. The minimum absolute atomic E-state index is 0. The highest BCUT2D eigenvalue weighted by Gasteiger charge is 2.26. The lowest BCUT2D eigenvalue weighted by Crippen LogP contribution is -2.18. The van der Waals surface area contributed by atoms with Gasteiger partial charge in [0, 0.05) is 69.5 Å². The van der Waals surface area contributed by atoms with Gasteiger partial charge in [0.15, 0.2) is 17.2 Å². The molecule has 1 aliphatic heterocycles. The van der Waals surface area contributed by atoms with Crippen molar-refractivity contribution in [3.63, 3.8) is 0 Å². The topological polar surface area (TPSA) is 35.3 Å². The van der Waals surface area contributed by atoms with E-state index in [1.807, 2.05) is 126 Å². The molecular formula is C108H164BrCl9F2N2O3. The largest absolute Gasteiger partial charge is 0.498 e. The fourth-order valence-corrected chi connectivity index (χ4v) is 16.8. The molecule has 9 aromatic rings. The summed E-state index contributed by atoms with van der Waals surface area (Å²) in [4.78, 5) is 5.79. The van der Waals surface area contributed by atoms with Gasteiger partial charge in [-0.15, -0.1) is 0 Å². The van der Waals surface area contributed by atoms with Crippen LogP contribution in [0.25, 0.3) is 4.85 Å². The fourth-order valence-electron chi connectivity index (χ4n) is 12.2. The first-order chi connectivity index (χ1) is 53.0. The van der Waals surface area contributed by atoms with Crippen LogP contribution < -0.4 is 19.1 Å². The predicted octanol–water partition coefficient (Wildman–Crippen LogP) is 41.0. The number of anilines is 1. The molecule has 0 aliphatic carbocycles. The molecule has 0 saturated carbocycles. The van der Waals surface area contributed by atoms with E-state index < -0.39 is 0 Å². The third kappa shape index (κ3) is 45.3. The highest BCUT2D eigenvalue weighted by atomic mass is 79.9. The summed E-state index contributed by atoms with van der Waals surface area (Å²) >= 11 is 57.9. The first-order valence-electron chi connectivity index (χ1n) is 38.8. The van der Waals surface area contributed by atoms with Crippen molar-refractivity contribution in [2.45, 2.75) is 322 Å². The highest BCUT2D eigenvalue weighted by molar-refractivity contribution is 9.10. The molecule has 0 atom stereocenters. The van der Waals surface area contributed by atoms with Crippen molar-refractivity contribution in [1.29, 1.82) is 0 Å². The predicted molar refractivity (Wildman–Crippen MR) is 572 cm³/mol. The summed E-state index contributed by atoms with van der Waals surface area (Å²) in [6.07, 6.45) is 2.61. The number of benzene rings is 9. The number of rotatable bonds is 4. The molecule has 0 spiro atoms. The molecule has 10 rings (SSSR count). The zero-order valence-electron chi connectivity index (χ0n) is 74.6. The Kier molecular flexibility index (Phi) is 63.1. The van der Waals surface area contributed by atoms with E-state index in [0.717, 1.165) is 68.2 Å². The van der Waals surface area contributed by atoms with Crippen LogP contribution in [0.3, 0.4) is 0 Å². The zero-order chi connectivity index (χ0) is 89.4. The van der Waals surface area contributed by atoms with E-state index in [-0.39, 0.29) is 132 Å². The quantitative estimate of drug-likeness (QED) is 0.165. The van der Waals surface area contributed by atoms with Gasteiger partial charge in [-0.05, 0) is 203 Å². The van der Waals surface area contributed by atoms with Gasteiger partial charge < -0.3 is 19.1 Å². The van der Waals surface area contributed by atoms with Gasteiger partial charge in [-0.2, -0.15) is 0 Å². The van der Waals surface area contributed by atoms with Crippen molar-refractivity contribution in [2.24, 2.45) is 0 Å². The summed E-state index contributed by atoms with van der Waals surface area (Å²) < 4.78 is 42.3. The second kappa shape index (κ2) is 58.4. The van der Waals surface area contributed by atoms with Crippen molar-refractivity contribution in [3.05, 3.63) is 292 Å². The van der Waals surface area contributed by atoms with E-state index in [2.05, 4.69) is 214 Å². The monoisotopic (exact) mass is 1970 g/mol. The third-order valence-corrected chi connectivity index (χ3v) is 21.6. The summed E-state index contributed by atoms with van der Waals surface area (Å²) in [6.45, 7) is 68.6. The molecule has 17 heteroatoms. The Morgan fingerprint density at radius 1 is 0.320 bits per heavy atom. The van der Waals surface area contributed by atoms with Crippen LogP contribution in [0.4, 0.5) is 20.2 Å². The van der Waals surface area contributed by atoms with Crippen molar-refractivity contribution in [3.8, 4) is 17.2 Å². The summed E-state index contributed by atoms with van der Waals surface area (Å²) in [5, 5.41) is 6.41. The molecule has 708 valence electrons. The Bertz CT molecular complexity index is 4480. The maximum absolute atomic E-state index is 13.0. The molecule has 9 aromatic carbocycles. The number of halogens is 12. The van der Waals surface area contributed by atoms with Gasteiger partial charge in [0.2, 0.25) is 0 Å². The Morgan fingerprint density at radius 2 is 0.656 bits per heavy atom. The van der Waals surface area contributed by atoms with Gasteiger partial charge in [-0.3, -0.25) is 0 Å². The van der Waals surface area contributed by atoms with Crippen molar-refractivity contribution < 1.29 is 23.0 Å². The summed E-state index contributed by atoms with van der Waals surface area (Å²) in [5.41, 5.74) is 13.6. The maximum Gasteiger partial charge on any atom is 0.190 e. The molecule has 1 aliphatic rings. The highest BCUT2D eigenvalue weighted by Crippen LogP contribution is 2.42. The Balaban J connectivity index is -0.000000204. The molecule has 0 N–H and O–H groups in total. The Hall–Kier alpha value is -5.38. The summed E-state index contributed by atoms with van der Waals surface area (Å²) in [6, 6.07) is 50.9. The number of methoxy groups -OCH3 is 3. The van der Waals surface area contributed by atoms with E-state index in [1.54, 1.807) is 45.6 Å². The van der Waals surface area contributed by atoms with Gasteiger partial charge in [0.25, 0.3) is 0 Å². The molecule has 5 nitrogen and oxygen atoms in total. The molecule has 1 fully saturated rings. The van der Waals surface area contributed by atoms with Crippen molar-refractivity contribution in [1.82, 2.24) is 0 Å². The second-order valence-electron chi connectivity index (χ2n) is 37.6. The van der Waals surface area contributed by atoms with Gasteiger partial charge >= 0.3 is 0 Å². The SMILES string of the molecule is C.C.C.C.C.C.C.C.C.CC(C)(C)c1c(Cl)cccc1Cl.CC(C)(C)c1ccc(Br)cc1Cl.CC(C)(C)c1ccc(F)cc1Cl.CC(C)(C)c1ccc(N2CCCC2)cc1Cl.CC(C)(C)c1cccc(F)c1Cl.CC(C)(C)c1ccccc1Cl.COc1cc(Cl)c(C(C)(C)C)cc1OC.Cc1cccc(Cl)c1C(C)(C)C.[C-]#[N+]c1ccc(C(C)(C)C)c(OC)c1. The molecule has 0 radical (unpaired) electrons. The minimum atomic E-state index is -0.343. The van der Waals surface area contributed by atoms with Crippen LogP contribution in [-0.4, -0.2) is 34.4 Å².